The predicted molar refractivity (Wildman–Crippen MR) is 92.3 cm³/mol. The summed E-state index contributed by atoms with van der Waals surface area (Å²) in [6.07, 6.45) is -0.885. The molecule has 0 aliphatic heterocycles. The largest absolute Gasteiger partial charge is 0.461 e. The van der Waals surface area contributed by atoms with Gasteiger partial charge in [-0.3, -0.25) is 9.59 Å². The number of ketones is 1. The van der Waals surface area contributed by atoms with Crippen molar-refractivity contribution in [1.82, 2.24) is 5.32 Å². The molecule has 8 heteroatoms. The van der Waals surface area contributed by atoms with Gasteiger partial charge in [0.25, 0.3) is 5.91 Å². The molecule has 0 aromatic heterocycles. The maximum atomic E-state index is 13.0. The minimum atomic E-state index is -1.06. The number of ether oxygens (including phenoxy) is 2. The third-order valence-corrected chi connectivity index (χ3v) is 3.44. The molecule has 2 atom stereocenters. The number of esters is 1. The van der Waals surface area contributed by atoms with Gasteiger partial charge in [-0.2, -0.15) is 0 Å². The minimum Gasteiger partial charge on any atom is -0.461 e. The van der Waals surface area contributed by atoms with Crippen molar-refractivity contribution < 1.29 is 28.2 Å². The fraction of sp³-hybridized carbons (Fsp3) is 0.444. The Balaban J connectivity index is 2.89. The van der Waals surface area contributed by atoms with Gasteiger partial charge in [-0.05, 0) is 38.0 Å². The molecule has 1 aromatic rings. The van der Waals surface area contributed by atoms with Crippen molar-refractivity contribution in [1.29, 1.82) is 5.41 Å². The van der Waals surface area contributed by atoms with Crippen molar-refractivity contribution in [3.63, 3.8) is 0 Å². The van der Waals surface area contributed by atoms with E-state index in [1.54, 1.807) is 13.8 Å². The Morgan fingerprint density at radius 3 is 2.35 bits per heavy atom. The van der Waals surface area contributed by atoms with Crippen molar-refractivity contribution in [2.45, 2.75) is 44.9 Å². The van der Waals surface area contributed by atoms with E-state index in [4.69, 9.17) is 14.9 Å². The summed E-state index contributed by atoms with van der Waals surface area (Å²) < 4.78 is 23.3. The first-order chi connectivity index (χ1) is 12.3. The van der Waals surface area contributed by atoms with E-state index in [1.165, 1.54) is 31.4 Å². The maximum absolute atomic E-state index is 13.0. The van der Waals surface area contributed by atoms with Crippen molar-refractivity contribution in [3.8, 4) is 0 Å². The van der Waals surface area contributed by atoms with E-state index >= 15 is 0 Å². The molecule has 1 amide bonds. The van der Waals surface area contributed by atoms with Gasteiger partial charge in [-0.15, -0.1) is 0 Å². The lowest BCUT2D eigenvalue weighted by Crippen LogP contribution is -2.45. The molecular weight excluding hydrogens is 343 g/mol. The molecule has 26 heavy (non-hydrogen) atoms. The van der Waals surface area contributed by atoms with Gasteiger partial charge in [0.2, 0.25) is 0 Å². The Labute approximate surface area is 151 Å². The second-order valence-corrected chi connectivity index (χ2v) is 5.86. The molecule has 0 radical (unpaired) electrons. The van der Waals surface area contributed by atoms with Crippen LogP contribution < -0.4 is 5.32 Å². The van der Waals surface area contributed by atoms with Crippen LogP contribution in [0.1, 0.15) is 38.4 Å². The Morgan fingerprint density at radius 2 is 1.85 bits per heavy atom. The molecule has 0 saturated heterocycles. The summed E-state index contributed by atoms with van der Waals surface area (Å²) in [7, 11) is 1.31. The Kier molecular flexibility index (Phi) is 8.57. The van der Waals surface area contributed by atoms with Crippen LogP contribution in [-0.2, 0) is 23.9 Å². The van der Waals surface area contributed by atoms with Gasteiger partial charge in [0.15, 0.2) is 11.9 Å². The van der Waals surface area contributed by atoms with Crippen molar-refractivity contribution in [3.05, 3.63) is 35.6 Å². The van der Waals surface area contributed by atoms with Crippen LogP contribution >= 0.6 is 0 Å². The highest BCUT2D eigenvalue weighted by Gasteiger charge is 2.28. The summed E-state index contributed by atoms with van der Waals surface area (Å²) in [4.78, 5) is 36.0. The summed E-state index contributed by atoms with van der Waals surface area (Å²) in [5.74, 6) is -2.22. The second kappa shape index (κ2) is 10.4. The second-order valence-electron chi connectivity index (χ2n) is 5.86. The number of Topliss-reactive ketones (excluding diaryl/α,β-unsaturated/α-hetero) is 1. The molecule has 0 unspecified atom stereocenters. The summed E-state index contributed by atoms with van der Waals surface area (Å²) in [5, 5.41) is 9.42. The molecule has 142 valence electrons. The Hall–Kier alpha value is -2.61. The first-order valence-electron chi connectivity index (χ1n) is 8.11. The fourth-order valence-corrected chi connectivity index (χ4v) is 2.20. The first-order valence-corrected chi connectivity index (χ1v) is 8.11. The minimum absolute atomic E-state index is 0.00857. The number of hydrogen-bond donors (Lipinski definition) is 2. The van der Waals surface area contributed by atoms with Crippen LogP contribution in [0.5, 0.6) is 0 Å². The normalized spacial score (nSPS) is 13.0. The Morgan fingerprint density at radius 1 is 1.23 bits per heavy atom. The van der Waals surface area contributed by atoms with Crippen LogP contribution in [0.15, 0.2) is 24.3 Å². The number of carbonyl (C=O) groups excluding carboxylic acids is 3. The van der Waals surface area contributed by atoms with Gasteiger partial charge in [-0.1, -0.05) is 12.1 Å². The lowest BCUT2D eigenvalue weighted by molar-refractivity contribution is -0.152. The molecule has 1 aromatic carbocycles. The molecule has 0 bridgehead atoms. The topological polar surface area (TPSA) is 106 Å². The predicted octanol–water partition coefficient (Wildman–Crippen LogP) is 1.95. The van der Waals surface area contributed by atoms with Gasteiger partial charge in [0.05, 0.1) is 12.3 Å². The fourth-order valence-electron chi connectivity index (χ4n) is 2.20. The van der Waals surface area contributed by atoms with Gasteiger partial charge < -0.3 is 20.2 Å². The number of carbonyl (C=O) groups is 3. The van der Waals surface area contributed by atoms with Gasteiger partial charge in [0.1, 0.15) is 11.9 Å². The molecule has 0 aliphatic carbocycles. The van der Waals surface area contributed by atoms with Crippen LogP contribution in [0.3, 0.4) is 0 Å². The molecule has 0 fully saturated rings. The van der Waals surface area contributed by atoms with E-state index in [0.29, 0.717) is 11.8 Å². The zero-order chi connectivity index (χ0) is 19.7. The zero-order valence-corrected chi connectivity index (χ0v) is 15.0. The summed E-state index contributed by atoms with van der Waals surface area (Å²) in [6.45, 7) is 3.33. The van der Waals surface area contributed by atoms with Crippen molar-refractivity contribution in [2.75, 3.05) is 7.11 Å². The first kappa shape index (κ1) is 21.4. The van der Waals surface area contributed by atoms with E-state index in [9.17, 15) is 18.8 Å². The third kappa shape index (κ3) is 6.72. The van der Waals surface area contributed by atoms with Gasteiger partial charge >= 0.3 is 5.97 Å². The number of nitrogens with one attached hydrogen (secondary N) is 2. The number of hydrogen-bond acceptors (Lipinski definition) is 6. The quantitative estimate of drug-likeness (QED) is 0.486. The molecule has 0 heterocycles. The molecule has 0 aliphatic rings. The Bertz CT molecular complexity index is 645. The molecule has 1 rings (SSSR count). The van der Waals surface area contributed by atoms with E-state index in [0.717, 1.165) is 0 Å². The number of rotatable bonds is 10. The zero-order valence-electron chi connectivity index (χ0n) is 15.0. The number of benzene rings is 1. The van der Waals surface area contributed by atoms with Crippen molar-refractivity contribution in [2.24, 2.45) is 0 Å². The maximum Gasteiger partial charge on any atom is 0.328 e. The van der Waals surface area contributed by atoms with Crippen LogP contribution in [0.25, 0.3) is 0 Å². The average Bonchev–Trinajstić information content (AvgIpc) is 2.59. The average molecular weight is 366 g/mol. The molecule has 0 spiro atoms. The SMILES string of the molecule is CO[C@H](C(=O)N[C@@H](CCC(=O)C=N)C(=O)OC(C)C)c1ccc(F)cc1. The van der Waals surface area contributed by atoms with E-state index < -0.39 is 41.7 Å². The van der Waals surface area contributed by atoms with E-state index in [-0.39, 0.29) is 12.8 Å². The highest BCUT2D eigenvalue weighted by atomic mass is 19.1. The van der Waals surface area contributed by atoms with Gasteiger partial charge in [-0.25, -0.2) is 9.18 Å². The van der Waals surface area contributed by atoms with Gasteiger partial charge in [0, 0.05) is 13.5 Å². The molecule has 0 saturated carbocycles. The smallest absolute Gasteiger partial charge is 0.328 e. The van der Waals surface area contributed by atoms with Crippen LogP contribution in [0.2, 0.25) is 0 Å². The van der Waals surface area contributed by atoms with Crippen LogP contribution in [0.4, 0.5) is 4.39 Å². The highest BCUT2D eigenvalue weighted by molar-refractivity contribution is 6.26. The van der Waals surface area contributed by atoms with Crippen LogP contribution in [0, 0.1) is 11.2 Å². The standard InChI is InChI=1S/C18H23FN2O5/c1-11(2)26-18(24)15(9-8-14(22)10-20)21-17(23)16(25-3)12-4-6-13(19)7-5-12/h4-7,10-11,15-16,20H,8-9H2,1-3H3,(H,21,23)/t15-,16-/m0/s1. The van der Waals surface area contributed by atoms with Crippen LogP contribution in [-0.4, -0.2) is 43.1 Å². The monoisotopic (exact) mass is 366 g/mol. The molecule has 7 nitrogen and oxygen atoms in total. The summed E-state index contributed by atoms with van der Waals surface area (Å²) in [5.41, 5.74) is 0.415. The van der Waals surface area contributed by atoms with Crippen molar-refractivity contribution >= 4 is 23.9 Å². The number of amides is 1. The lowest BCUT2D eigenvalue weighted by atomic mass is 10.1. The summed E-state index contributed by atoms with van der Waals surface area (Å²) in [6, 6.07) is 4.14. The number of halogens is 1. The lowest BCUT2D eigenvalue weighted by Gasteiger charge is -2.22. The molecule has 2 N–H and O–H groups in total. The third-order valence-electron chi connectivity index (χ3n) is 3.44. The van der Waals surface area contributed by atoms with E-state index in [2.05, 4.69) is 5.32 Å². The van der Waals surface area contributed by atoms with E-state index in [1.807, 2.05) is 0 Å². The molecular formula is C18H23FN2O5. The number of methoxy groups -OCH3 is 1. The highest BCUT2D eigenvalue weighted by Crippen LogP contribution is 2.18. The summed E-state index contributed by atoms with van der Waals surface area (Å²) >= 11 is 0.